The minimum absolute atomic E-state index is 0.0659. The molecule has 1 unspecified atom stereocenters. The van der Waals surface area contributed by atoms with Gasteiger partial charge >= 0.3 is 0 Å². The van der Waals surface area contributed by atoms with Gasteiger partial charge in [0.25, 0.3) is 5.91 Å². The summed E-state index contributed by atoms with van der Waals surface area (Å²) in [5, 5.41) is 2.76. The molecule has 0 heterocycles. The molecule has 0 spiro atoms. The smallest absolute Gasteiger partial charge is 0.255 e. The van der Waals surface area contributed by atoms with Crippen molar-refractivity contribution in [2.45, 2.75) is 51.2 Å². The SMILES string of the molecule is CCC(C)NS(=O)(=O)c1cccc(C(=O)Nc2ccc(OC(C)C)cc2)c1. The van der Waals surface area contributed by atoms with E-state index >= 15 is 0 Å². The van der Waals surface area contributed by atoms with Crippen molar-refractivity contribution in [3.8, 4) is 5.75 Å². The van der Waals surface area contributed by atoms with Crippen LogP contribution in [0.1, 0.15) is 44.5 Å². The van der Waals surface area contributed by atoms with E-state index in [1.807, 2.05) is 20.8 Å². The van der Waals surface area contributed by atoms with Crippen LogP contribution < -0.4 is 14.8 Å². The zero-order valence-corrected chi connectivity index (χ0v) is 16.8. The van der Waals surface area contributed by atoms with E-state index in [9.17, 15) is 13.2 Å². The summed E-state index contributed by atoms with van der Waals surface area (Å²) in [4.78, 5) is 12.5. The maximum atomic E-state index is 12.5. The minimum atomic E-state index is -3.66. The number of ether oxygens (including phenoxy) is 1. The van der Waals surface area contributed by atoms with Gasteiger partial charge in [-0.15, -0.1) is 0 Å². The van der Waals surface area contributed by atoms with Gasteiger partial charge in [0, 0.05) is 17.3 Å². The molecule has 0 radical (unpaired) electrons. The minimum Gasteiger partial charge on any atom is -0.491 e. The van der Waals surface area contributed by atoms with Gasteiger partial charge in [0.2, 0.25) is 10.0 Å². The van der Waals surface area contributed by atoms with Crippen LogP contribution in [0.5, 0.6) is 5.75 Å². The lowest BCUT2D eigenvalue weighted by atomic mass is 10.2. The first-order valence-electron chi connectivity index (χ1n) is 8.91. The Balaban J connectivity index is 2.13. The molecule has 0 aliphatic rings. The number of nitrogens with one attached hydrogen (secondary N) is 2. The van der Waals surface area contributed by atoms with E-state index in [0.717, 1.165) is 0 Å². The highest BCUT2D eigenvalue weighted by Gasteiger charge is 2.18. The third-order valence-corrected chi connectivity index (χ3v) is 5.45. The molecule has 0 fully saturated rings. The van der Waals surface area contributed by atoms with Crippen molar-refractivity contribution in [1.29, 1.82) is 0 Å². The molecule has 146 valence electrons. The molecule has 2 aromatic rings. The van der Waals surface area contributed by atoms with Crippen LogP contribution in [0.25, 0.3) is 0 Å². The third kappa shape index (κ3) is 6.08. The summed E-state index contributed by atoms with van der Waals surface area (Å²) in [6, 6.07) is 12.8. The number of amides is 1. The van der Waals surface area contributed by atoms with Gasteiger partial charge in [-0.05, 0) is 69.7 Å². The van der Waals surface area contributed by atoms with Crippen molar-refractivity contribution >= 4 is 21.6 Å². The Hall–Kier alpha value is -2.38. The van der Waals surface area contributed by atoms with Crippen LogP contribution in [0.3, 0.4) is 0 Å². The average molecular weight is 391 g/mol. The maximum absolute atomic E-state index is 12.5. The monoisotopic (exact) mass is 390 g/mol. The van der Waals surface area contributed by atoms with Gasteiger partial charge in [-0.1, -0.05) is 13.0 Å². The molecular formula is C20H26N2O4S. The number of carbonyl (C=O) groups is 1. The highest BCUT2D eigenvalue weighted by molar-refractivity contribution is 7.89. The summed E-state index contributed by atoms with van der Waals surface area (Å²) < 4.78 is 33.0. The maximum Gasteiger partial charge on any atom is 0.255 e. The van der Waals surface area contributed by atoms with E-state index < -0.39 is 10.0 Å². The number of rotatable bonds is 8. The summed E-state index contributed by atoms with van der Waals surface area (Å²) in [6.45, 7) is 7.56. The van der Waals surface area contributed by atoms with Gasteiger partial charge in [-0.25, -0.2) is 13.1 Å². The van der Waals surface area contributed by atoms with Gasteiger partial charge in [0.15, 0.2) is 0 Å². The van der Waals surface area contributed by atoms with Gasteiger partial charge in [0.05, 0.1) is 11.0 Å². The second-order valence-electron chi connectivity index (χ2n) is 6.60. The van der Waals surface area contributed by atoms with Crippen molar-refractivity contribution in [2.75, 3.05) is 5.32 Å². The standard InChI is InChI=1S/C20H26N2O4S/c1-5-15(4)22-27(24,25)19-8-6-7-16(13-19)20(23)21-17-9-11-18(12-10-17)26-14(2)3/h6-15,22H,5H2,1-4H3,(H,21,23). The number of hydrogen-bond acceptors (Lipinski definition) is 4. The lowest BCUT2D eigenvalue weighted by molar-refractivity contribution is 0.102. The Kier molecular flexibility index (Phi) is 6.98. The van der Waals surface area contributed by atoms with Crippen LogP contribution in [0.4, 0.5) is 5.69 Å². The summed E-state index contributed by atoms with van der Waals surface area (Å²) >= 11 is 0. The van der Waals surface area contributed by atoms with Crippen molar-refractivity contribution in [1.82, 2.24) is 4.72 Å². The normalized spacial score (nSPS) is 12.6. The predicted octanol–water partition coefficient (Wildman–Crippen LogP) is 3.80. The van der Waals surface area contributed by atoms with E-state index in [1.165, 1.54) is 12.1 Å². The fraction of sp³-hybridized carbons (Fsp3) is 0.350. The largest absolute Gasteiger partial charge is 0.491 e. The number of benzene rings is 2. The number of hydrogen-bond donors (Lipinski definition) is 2. The first-order valence-corrected chi connectivity index (χ1v) is 10.4. The van der Waals surface area contributed by atoms with Crippen LogP contribution in [0.2, 0.25) is 0 Å². The molecule has 2 aromatic carbocycles. The molecular weight excluding hydrogens is 364 g/mol. The number of carbonyl (C=O) groups excluding carboxylic acids is 1. The Morgan fingerprint density at radius 2 is 1.74 bits per heavy atom. The lowest BCUT2D eigenvalue weighted by Gasteiger charge is -2.13. The predicted molar refractivity (Wildman–Crippen MR) is 107 cm³/mol. The molecule has 0 bridgehead atoms. The molecule has 27 heavy (non-hydrogen) atoms. The molecule has 2 N–H and O–H groups in total. The van der Waals surface area contributed by atoms with Crippen molar-refractivity contribution < 1.29 is 17.9 Å². The zero-order valence-electron chi connectivity index (χ0n) is 16.0. The van der Waals surface area contributed by atoms with Crippen molar-refractivity contribution in [3.63, 3.8) is 0 Å². The summed E-state index contributed by atoms with van der Waals surface area (Å²) in [7, 11) is -3.66. The quantitative estimate of drug-likeness (QED) is 0.718. The molecule has 7 heteroatoms. The second-order valence-corrected chi connectivity index (χ2v) is 8.32. The van der Waals surface area contributed by atoms with Gasteiger partial charge in [0.1, 0.15) is 5.75 Å². The fourth-order valence-corrected chi connectivity index (χ4v) is 3.69. The Bertz CT molecular complexity index is 877. The Morgan fingerprint density at radius 3 is 2.33 bits per heavy atom. The van der Waals surface area contributed by atoms with E-state index in [0.29, 0.717) is 17.9 Å². The molecule has 6 nitrogen and oxygen atoms in total. The van der Waals surface area contributed by atoms with Crippen molar-refractivity contribution in [2.24, 2.45) is 0 Å². The summed E-state index contributed by atoms with van der Waals surface area (Å²) in [5.41, 5.74) is 0.867. The summed E-state index contributed by atoms with van der Waals surface area (Å²) in [5.74, 6) is 0.334. The molecule has 2 rings (SSSR count). The Morgan fingerprint density at radius 1 is 1.07 bits per heavy atom. The Labute approximate surface area is 161 Å². The van der Waals surface area contributed by atoms with Crippen LogP contribution >= 0.6 is 0 Å². The molecule has 0 aromatic heterocycles. The zero-order chi connectivity index (χ0) is 20.0. The van der Waals surface area contributed by atoms with Crippen LogP contribution in [0, 0.1) is 0 Å². The fourth-order valence-electron chi connectivity index (χ4n) is 2.31. The first-order chi connectivity index (χ1) is 12.7. The summed E-state index contributed by atoms with van der Waals surface area (Å²) in [6.07, 6.45) is 0.745. The van der Waals surface area contributed by atoms with E-state index in [4.69, 9.17) is 4.74 Å². The van der Waals surface area contributed by atoms with Gasteiger partial charge in [-0.3, -0.25) is 4.79 Å². The highest BCUT2D eigenvalue weighted by Crippen LogP contribution is 2.18. The lowest BCUT2D eigenvalue weighted by Crippen LogP contribution is -2.32. The second kappa shape index (κ2) is 9.01. The van der Waals surface area contributed by atoms with Gasteiger partial charge in [-0.2, -0.15) is 0 Å². The van der Waals surface area contributed by atoms with Gasteiger partial charge < -0.3 is 10.1 Å². The molecule has 0 aliphatic carbocycles. The van der Waals surface area contributed by atoms with E-state index in [-0.39, 0.29) is 28.5 Å². The van der Waals surface area contributed by atoms with E-state index in [2.05, 4.69) is 10.0 Å². The molecule has 1 amide bonds. The van der Waals surface area contributed by atoms with Crippen LogP contribution in [-0.2, 0) is 10.0 Å². The molecule has 0 saturated heterocycles. The highest BCUT2D eigenvalue weighted by atomic mass is 32.2. The van der Waals surface area contributed by atoms with E-state index in [1.54, 1.807) is 43.3 Å². The number of anilines is 1. The average Bonchev–Trinajstić information content (AvgIpc) is 2.62. The molecule has 0 saturated carbocycles. The third-order valence-electron chi connectivity index (χ3n) is 3.86. The molecule has 0 aliphatic heterocycles. The topological polar surface area (TPSA) is 84.5 Å². The number of sulfonamides is 1. The van der Waals surface area contributed by atoms with Crippen LogP contribution in [0.15, 0.2) is 53.4 Å². The molecule has 1 atom stereocenters. The van der Waals surface area contributed by atoms with Crippen molar-refractivity contribution in [3.05, 3.63) is 54.1 Å². The first kappa shape index (κ1) is 20.9. The van der Waals surface area contributed by atoms with Crippen LogP contribution in [-0.4, -0.2) is 26.5 Å².